The molecule has 0 aliphatic rings. The largest absolute Gasteiger partial charge is 0.437 e. The molecule has 0 unspecified atom stereocenters. The SMILES string of the molecule is C[C@@H](O)c1ccnc(Oc2cncc(Br)c2)c1. The molecule has 2 heterocycles. The highest BCUT2D eigenvalue weighted by Gasteiger charge is 2.04. The van der Waals surface area contributed by atoms with Crippen molar-refractivity contribution in [1.29, 1.82) is 0 Å². The minimum atomic E-state index is -0.541. The van der Waals surface area contributed by atoms with Gasteiger partial charge in [0.2, 0.25) is 5.88 Å². The van der Waals surface area contributed by atoms with Gasteiger partial charge in [0.1, 0.15) is 5.75 Å². The van der Waals surface area contributed by atoms with Crippen LogP contribution in [0.2, 0.25) is 0 Å². The third-order valence-corrected chi connectivity index (χ3v) is 2.58. The van der Waals surface area contributed by atoms with Crippen molar-refractivity contribution in [3.05, 3.63) is 46.8 Å². The summed E-state index contributed by atoms with van der Waals surface area (Å²) in [5.41, 5.74) is 0.762. The molecule has 0 aliphatic heterocycles. The van der Waals surface area contributed by atoms with Crippen LogP contribution in [0.4, 0.5) is 0 Å². The van der Waals surface area contributed by atoms with E-state index in [2.05, 4.69) is 25.9 Å². The number of nitrogens with zero attached hydrogens (tertiary/aromatic N) is 2. The average molecular weight is 295 g/mol. The molecule has 5 heteroatoms. The molecule has 2 aromatic heterocycles. The first-order valence-electron chi connectivity index (χ1n) is 5.07. The Balaban J connectivity index is 2.21. The Morgan fingerprint density at radius 3 is 2.88 bits per heavy atom. The van der Waals surface area contributed by atoms with Crippen molar-refractivity contribution in [1.82, 2.24) is 9.97 Å². The molecule has 0 fully saturated rings. The fraction of sp³-hybridized carbons (Fsp3) is 0.167. The van der Waals surface area contributed by atoms with Gasteiger partial charge in [-0.2, -0.15) is 0 Å². The maximum absolute atomic E-state index is 9.46. The van der Waals surface area contributed by atoms with Crippen LogP contribution < -0.4 is 4.74 Å². The first-order valence-corrected chi connectivity index (χ1v) is 5.87. The van der Waals surface area contributed by atoms with Gasteiger partial charge in [0, 0.05) is 22.9 Å². The van der Waals surface area contributed by atoms with Crippen LogP contribution in [0.5, 0.6) is 11.6 Å². The van der Waals surface area contributed by atoms with Crippen molar-refractivity contribution in [2.45, 2.75) is 13.0 Å². The first kappa shape index (κ1) is 12.0. The minimum absolute atomic E-state index is 0.434. The van der Waals surface area contributed by atoms with Gasteiger partial charge >= 0.3 is 0 Å². The van der Waals surface area contributed by atoms with Crippen molar-refractivity contribution in [2.75, 3.05) is 0 Å². The van der Waals surface area contributed by atoms with Crippen molar-refractivity contribution < 1.29 is 9.84 Å². The Labute approximate surface area is 107 Å². The van der Waals surface area contributed by atoms with E-state index in [0.717, 1.165) is 10.0 Å². The fourth-order valence-electron chi connectivity index (χ4n) is 1.31. The van der Waals surface area contributed by atoms with Crippen LogP contribution in [0.15, 0.2) is 41.3 Å². The molecule has 17 heavy (non-hydrogen) atoms. The number of aliphatic hydroxyl groups is 1. The molecule has 2 aromatic rings. The number of aromatic nitrogens is 2. The Morgan fingerprint density at radius 2 is 2.18 bits per heavy atom. The number of pyridine rings is 2. The summed E-state index contributed by atoms with van der Waals surface area (Å²) < 4.78 is 6.37. The highest BCUT2D eigenvalue weighted by Crippen LogP contribution is 2.23. The number of rotatable bonds is 3. The normalized spacial score (nSPS) is 12.2. The maximum atomic E-state index is 9.46. The highest BCUT2D eigenvalue weighted by molar-refractivity contribution is 9.10. The molecule has 0 bridgehead atoms. The van der Waals surface area contributed by atoms with Crippen LogP contribution >= 0.6 is 15.9 Å². The number of hydrogen-bond acceptors (Lipinski definition) is 4. The second kappa shape index (κ2) is 5.25. The number of ether oxygens (including phenoxy) is 1. The summed E-state index contributed by atoms with van der Waals surface area (Å²) in [6.45, 7) is 1.69. The standard InChI is InChI=1S/C12H11BrN2O2/c1-8(16)9-2-3-15-12(4-9)17-11-5-10(13)6-14-7-11/h2-8,16H,1H3/t8-/m1/s1. The molecular weight excluding hydrogens is 284 g/mol. The Bertz CT molecular complexity index is 517. The lowest BCUT2D eigenvalue weighted by Gasteiger charge is -2.08. The molecule has 0 amide bonds. The molecule has 0 radical (unpaired) electrons. The molecule has 1 N–H and O–H groups in total. The van der Waals surface area contributed by atoms with Gasteiger partial charge < -0.3 is 9.84 Å². The zero-order valence-electron chi connectivity index (χ0n) is 9.17. The number of hydrogen-bond donors (Lipinski definition) is 1. The third kappa shape index (κ3) is 3.25. The summed E-state index contributed by atoms with van der Waals surface area (Å²) in [6.07, 6.45) is 4.33. The maximum Gasteiger partial charge on any atom is 0.219 e. The predicted octanol–water partition coefficient (Wildman–Crippen LogP) is 3.08. The molecule has 4 nitrogen and oxygen atoms in total. The summed E-state index contributed by atoms with van der Waals surface area (Å²) in [7, 11) is 0. The summed E-state index contributed by atoms with van der Waals surface area (Å²) in [5, 5.41) is 9.46. The van der Waals surface area contributed by atoms with Gasteiger partial charge in [-0.3, -0.25) is 4.98 Å². The van der Waals surface area contributed by atoms with Crippen LogP contribution in [0.1, 0.15) is 18.6 Å². The minimum Gasteiger partial charge on any atom is -0.437 e. The molecule has 0 aromatic carbocycles. The molecule has 0 saturated carbocycles. The molecule has 1 atom stereocenters. The van der Waals surface area contributed by atoms with Crippen LogP contribution in [-0.2, 0) is 0 Å². The van der Waals surface area contributed by atoms with Crippen LogP contribution in [0.25, 0.3) is 0 Å². The summed E-state index contributed by atoms with van der Waals surface area (Å²) in [6, 6.07) is 5.24. The van der Waals surface area contributed by atoms with E-state index < -0.39 is 6.10 Å². The lowest BCUT2D eigenvalue weighted by molar-refractivity contribution is 0.198. The second-order valence-corrected chi connectivity index (χ2v) is 4.46. The molecular formula is C12H11BrN2O2. The Hall–Kier alpha value is -1.46. The van der Waals surface area contributed by atoms with E-state index in [4.69, 9.17) is 4.74 Å². The quantitative estimate of drug-likeness (QED) is 0.945. The van der Waals surface area contributed by atoms with Gasteiger partial charge in [0.25, 0.3) is 0 Å². The third-order valence-electron chi connectivity index (χ3n) is 2.14. The Morgan fingerprint density at radius 1 is 1.35 bits per heavy atom. The van der Waals surface area contributed by atoms with Crippen molar-refractivity contribution in [3.8, 4) is 11.6 Å². The van der Waals surface area contributed by atoms with Crippen molar-refractivity contribution >= 4 is 15.9 Å². The monoisotopic (exact) mass is 294 g/mol. The zero-order chi connectivity index (χ0) is 12.3. The zero-order valence-corrected chi connectivity index (χ0v) is 10.8. The smallest absolute Gasteiger partial charge is 0.219 e. The highest BCUT2D eigenvalue weighted by atomic mass is 79.9. The van der Waals surface area contributed by atoms with E-state index >= 15 is 0 Å². The van der Waals surface area contributed by atoms with Crippen LogP contribution in [0.3, 0.4) is 0 Å². The molecule has 88 valence electrons. The fourth-order valence-corrected chi connectivity index (χ4v) is 1.65. The predicted molar refractivity (Wildman–Crippen MR) is 66.9 cm³/mol. The van der Waals surface area contributed by atoms with Gasteiger partial charge in [-0.25, -0.2) is 4.98 Å². The number of aliphatic hydroxyl groups excluding tert-OH is 1. The topological polar surface area (TPSA) is 55.2 Å². The van der Waals surface area contributed by atoms with Crippen LogP contribution in [0, 0.1) is 0 Å². The van der Waals surface area contributed by atoms with Gasteiger partial charge in [-0.1, -0.05) is 0 Å². The summed E-state index contributed by atoms with van der Waals surface area (Å²) >= 11 is 3.31. The Kier molecular flexibility index (Phi) is 3.71. The van der Waals surface area contributed by atoms with Gasteiger partial charge in [-0.05, 0) is 40.5 Å². The van der Waals surface area contributed by atoms with E-state index in [1.54, 1.807) is 43.7 Å². The molecule has 2 rings (SSSR count). The molecule has 0 saturated heterocycles. The van der Waals surface area contributed by atoms with Gasteiger partial charge in [0.05, 0.1) is 12.3 Å². The lowest BCUT2D eigenvalue weighted by atomic mass is 10.2. The number of halogens is 1. The lowest BCUT2D eigenvalue weighted by Crippen LogP contribution is -1.94. The van der Waals surface area contributed by atoms with Gasteiger partial charge in [0.15, 0.2) is 0 Å². The van der Waals surface area contributed by atoms with E-state index in [-0.39, 0.29) is 0 Å². The summed E-state index contributed by atoms with van der Waals surface area (Å²) in [5.74, 6) is 1.03. The molecule has 0 spiro atoms. The van der Waals surface area contributed by atoms with Gasteiger partial charge in [-0.15, -0.1) is 0 Å². The van der Waals surface area contributed by atoms with E-state index in [0.29, 0.717) is 11.6 Å². The van der Waals surface area contributed by atoms with E-state index in [1.165, 1.54) is 0 Å². The van der Waals surface area contributed by atoms with Crippen molar-refractivity contribution in [3.63, 3.8) is 0 Å². The van der Waals surface area contributed by atoms with E-state index in [1.807, 2.05) is 0 Å². The average Bonchev–Trinajstić information content (AvgIpc) is 2.29. The molecule has 0 aliphatic carbocycles. The first-order chi connectivity index (χ1) is 8.15. The van der Waals surface area contributed by atoms with E-state index in [9.17, 15) is 5.11 Å². The summed E-state index contributed by atoms with van der Waals surface area (Å²) in [4.78, 5) is 8.06. The second-order valence-electron chi connectivity index (χ2n) is 3.54. The van der Waals surface area contributed by atoms with Crippen molar-refractivity contribution in [2.24, 2.45) is 0 Å². The van der Waals surface area contributed by atoms with Crippen LogP contribution in [-0.4, -0.2) is 15.1 Å².